The first-order chi connectivity index (χ1) is 34.3. The number of methoxy groups -OCH3 is 2. The Bertz CT molecular complexity index is 3160. The van der Waals surface area contributed by atoms with Gasteiger partial charge in [0.2, 0.25) is 26.5 Å². The monoisotopic (exact) mass is 1010 g/mol. The number of nitrogens with zero attached hydrogens (tertiary/aromatic N) is 8. The fourth-order valence-electron chi connectivity index (χ4n) is 6.39. The van der Waals surface area contributed by atoms with Crippen molar-refractivity contribution in [2.24, 2.45) is 5.16 Å². The molecule has 0 aliphatic rings. The van der Waals surface area contributed by atoms with E-state index in [9.17, 15) is 9.13 Å². The summed E-state index contributed by atoms with van der Waals surface area (Å²) < 4.78 is 57.1. The van der Waals surface area contributed by atoms with E-state index < -0.39 is 14.7 Å². The molecule has 20 heteroatoms. The van der Waals surface area contributed by atoms with Gasteiger partial charge in [0.15, 0.2) is 22.6 Å². The van der Waals surface area contributed by atoms with Gasteiger partial charge < -0.3 is 33.0 Å². The van der Waals surface area contributed by atoms with Crippen molar-refractivity contribution >= 4 is 42.1 Å². The van der Waals surface area contributed by atoms with Crippen LogP contribution in [-0.2, 0) is 24.8 Å². The van der Waals surface area contributed by atoms with Crippen LogP contribution in [0.2, 0.25) is 0 Å². The Labute approximate surface area is 416 Å². The van der Waals surface area contributed by atoms with Gasteiger partial charge in [0.1, 0.15) is 40.6 Å². The Kier molecular flexibility index (Phi) is 18.8. The third-order valence-corrected chi connectivity index (χ3v) is 14.3. The highest BCUT2D eigenvalue weighted by molar-refractivity contribution is 7.66. The van der Waals surface area contributed by atoms with Crippen LogP contribution in [0.3, 0.4) is 0 Å². The highest BCUT2D eigenvalue weighted by atomic mass is 35.5. The van der Waals surface area contributed by atoms with Gasteiger partial charge in [0.05, 0.1) is 33.6 Å². The van der Waals surface area contributed by atoms with Crippen LogP contribution in [0.1, 0.15) is 30.5 Å². The molecule has 1 N–H and O–H groups in total. The van der Waals surface area contributed by atoms with Crippen molar-refractivity contribution in [3.63, 3.8) is 0 Å². The SMILES string of the molecule is C#Cc1cnc(-c2ccccn2)nc1OCc1ccc(OC)cc1.CCOP(C)(=O)c1ccc(-c2cc(-c3cnc(-c4ccccn4)nc3OC)on2)cc1.CCOP(C)(=O)c1ccc(/C(Cl)=N/O)cc1. The number of ether oxygens (including phenoxy) is 3. The molecule has 0 saturated carbocycles. The zero-order valence-corrected chi connectivity index (χ0v) is 42.1. The van der Waals surface area contributed by atoms with Crippen LogP contribution in [0, 0.1) is 12.3 Å². The predicted molar refractivity (Wildman–Crippen MR) is 273 cm³/mol. The lowest BCUT2D eigenvalue weighted by atomic mass is 10.1. The van der Waals surface area contributed by atoms with Crippen LogP contribution in [-0.4, -0.2) is 86.2 Å². The highest BCUT2D eigenvalue weighted by Crippen LogP contribution is 2.42. The largest absolute Gasteiger partial charge is 0.497 e. The maximum Gasteiger partial charge on any atom is 0.233 e. The fraction of sp³-hybridized carbons (Fsp3) is 0.176. The van der Waals surface area contributed by atoms with Crippen molar-refractivity contribution in [1.82, 2.24) is 35.1 Å². The van der Waals surface area contributed by atoms with Gasteiger partial charge in [-0.05, 0) is 80.1 Å². The molecule has 0 bridgehead atoms. The summed E-state index contributed by atoms with van der Waals surface area (Å²) in [4.78, 5) is 26.0. The molecular formula is C51H49ClN8O9P2. The molecule has 8 rings (SSSR count). The predicted octanol–water partition coefficient (Wildman–Crippen LogP) is 10.2. The normalized spacial score (nSPS) is 12.6. The Morgan fingerprint density at radius 2 is 1.28 bits per heavy atom. The lowest BCUT2D eigenvalue weighted by molar-refractivity contribution is 0.292. The quantitative estimate of drug-likeness (QED) is 0.0313. The van der Waals surface area contributed by atoms with E-state index in [1.54, 1.807) is 94.6 Å². The van der Waals surface area contributed by atoms with Gasteiger partial charge in [-0.2, -0.15) is 9.97 Å². The Hall–Kier alpha value is -7.57. The number of halogens is 1. The molecule has 0 fully saturated rings. The summed E-state index contributed by atoms with van der Waals surface area (Å²) in [5.41, 5.74) is 5.37. The summed E-state index contributed by atoms with van der Waals surface area (Å²) in [5.74, 6) is 5.45. The molecule has 71 heavy (non-hydrogen) atoms. The zero-order chi connectivity index (χ0) is 50.8. The Balaban J connectivity index is 0.000000184. The Morgan fingerprint density at radius 3 is 1.79 bits per heavy atom. The molecule has 0 radical (unpaired) electrons. The van der Waals surface area contributed by atoms with E-state index in [1.807, 2.05) is 79.7 Å². The van der Waals surface area contributed by atoms with Crippen molar-refractivity contribution in [2.45, 2.75) is 20.5 Å². The minimum absolute atomic E-state index is 0.00565. The topological polar surface area (TPSA) is 216 Å². The molecule has 2 atom stereocenters. The molecule has 0 saturated heterocycles. The van der Waals surface area contributed by atoms with Gasteiger partial charge in [0.25, 0.3) is 0 Å². The highest BCUT2D eigenvalue weighted by Gasteiger charge is 2.21. The molecule has 8 aromatic rings. The van der Waals surface area contributed by atoms with Gasteiger partial charge in [-0.25, -0.2) is 9.97 Å². The van der Waals surface area contributed by atoms with Crippen LogP contribution in [0.15, 0.2) is 150 Å². The molecule has 5 heterocycles. The second-order valence-electron chi connectivity index (χ2n) is 14.8. The first-order valence-corrected chi connectivity index (χ1v) is 26.2. The molecule has 0 amide bonds. The standard InChI is InChI=1S/C22H21N4O4P.C19H15N3O2.C10H13ClNO3P/c1-4-29-31(3,27)16-10-8-15(9-11-16)19-13-20(30-26-19)17-14-24-21(25-22(17)28-2)18-7-5-6-12-23-18;1-3-15-12-21-18(17-6-4-5-11-20-17)22-19(15)24-13-14-7-9-16(23-2)10-8-14;1-3-15-16(2,14)9-6-4-8(5-7-9)10(11)12-13/h5-14H,4H2,1-3H3;1,4-12H,13H2,2H3;4-7,13H,3H2,1-2H3/b;;12-10-. The number of oxime groups is 1. The lowest BCUT2D eigenvalue weighted by Crippen LogP contribution is -2.07. The zero-order valence-electron chi connectivity index (χ0n) is 39.5. The minimum Gasteiger partial charge on any atom is -0.497 e. The van der Waals surface area contributed by atoms with Gasteiger partial charge in [0, 0.05) is 59.7 Å². The number of terminal acetylenes is 1. The molecule has 3 aromatic carbocycles. The summed E-state index contributed by atoms with van der Waals surface area (Å²) in [6.07, 6.45) is 12.1. The number of aromatic nitrogens is 7. The van der Waals surface area contributed by atoms with E-state index in [0.29, 0.717) is 93.4 Å². The number of hydrogen-bond donors (Lipinski definition) is 1. The van der Waals surface area contributed by atoms with Gasteiger partial charge in [-0.15, -0.1) is 6.42 Å². The summed E-state index contributed by atoms with van der Waals surface area (Å²) >= 11 is 5.62. The molecule has 5 aromatic heterocycles. The van der Waals surface area contributed by atoms with E-state index >= 15 is 0 Å². The lowest BCUT2D eigenvalue weighted by Gasteiger charge is -2.12. The molecule has 2 unspecified atom stereocenters. The van der Waals surface area contributed by atoms with Crippen molar-refractivity contribution < 1.29 is 42.1 Å². The smallest absolute Gasteiger partial charge is 0.233 e. The van der Waals surface area contributed by atoms with Crippen molar-refractivity contribution in [3.8, 4) is 75.5 Å². The van der Waals surface area contributed by atoms with Crippen molar-refractivity contribution in [1.29, 1.82) is 0 Å². The summed E-state index contributed by atoms with van der Waals surface area (Å²) in [7, 11) is -2.41. The van der Waals surface area contributed by atoms with Crippen LogP contribution in [0.4, 0.5) is 0 Å². The number of hydrogen-bond acceptors (Lipinski definition) is 17. The summed E-state index contributed by atoms with van der Waals surface area (Å²) in [6, 6.07) is 34.3. The van der Waals surface area contributed by atoms with Crippen LogP contribution in [0.25, 0.3) is 45.6 Å². The number of rotatable bonds is 16. The van der Waals surface area contributed by atoms with Gasteiger partial charge in [-0.3, -0.25) is 19.1 Å². The molecular weight excluding hydrogens is 966 g/mol. The second-order valence-corrected chi connectivity index (χ2v) is 20.1. The third kappa shape index (κ3) is 14.3. The van der Waals surface area contributed by atoms with Gasteiger partial charge >= 0.3 is 0 Å². The van der Waals surface area contributed by atoms with E-state index in [0.717, 1.165) is 16.9 Å². The minimum atomic E-state index is -2.82. The van der Waals surface area contributed by atoms with Gasteiger partial charge in [-0.1, -0.05) is 76.4 Å². The van der Waals surface area contributed by atoms with Crippen molar-refractivity contribution in [2.75, 3.05) is 40.8 Å². The average Bonchev–Trinajstić information content (AvgIpc) is 3.91. The molecule has 0 aliphatic heterocycles. The Morgan fingerprint density at radius 1 is 0.718 bits per heavy atom. The molecule has 0 spiro atoms. The van der Waals surface area contributed by atoms with E-state index in [-0.39, 0.29) is 5.17 Å². The van der Waals surface area contributed by atoms with E-state index in [4.69, 9.17) is 51.0 Å². The average molecular weight is 1020 g/mol. The summed E-state index contributed by atoms with van der Waals surface area (Å²) in [5, 5.41) is 16.8. The maximum absolute atomic E-state index is 12.6. The first-order valence-electron chi connectivity index (χ1n) is 21.7. The van der Waals surface area contributed by atoms with Crippen LogP contribution >= 0.6 is 26.3 Å². The van der Waals surface area contributed by atoms with Crippen molar-refractivity contribution in [3.05, 3.63) is 157 Å². The van der Waals surface area contributed by atoms with Crippen LogP contribution in [0.5, 0.6) is 17.5 Å². The maximum atomic E-state index is 12.6. The fourth-order valence-corrected chi connectivity index (χ4v) is 9.18. The molecule has 17 nitrogen and oxygen atoms in total. The first kappa shape index (κ1) is 52.8. The molecule has 364 valence electrons. The second kappa shape index (κ2) is 25.3. The third-order valence-electron chi connectivity index (χ3n) is 10.00. The van der Waals surface area contributed by atoms with E-state index in [2.05, 4.69) is 46.1 Å². The number of benzene rings is 3. The number of pyridine rings is 2. The molecule has 0 aliphatic carbocycles. The van der Waals surface area contributed by atoms with Crippen LogP contribution < -0.4 is 24.8 Å². The summed E-state index contributed by atoms with van der Waals surface area (Å²) in [6.45, 7) is 7.92. The van der Waals surface area contributed by atoms with E-state index in [1.165, 1.54) is 7.11 Å².